The van der Waals surface area contributed by atoms with Crippen LogP contribution in [0, 0.1) is 0 Å². The molecular formula is C64H52N2. The molecule has 0 unspecified atom stereocenters. The van der Waals surface area contributed by atoms with Crippen LogP contribution in [0.5, 0.6) is 0 Å². The number of hydrogen-bond acceptors (Lipinski definition) is 0. The third kappa shape index (κ3) is 7.47. The molecule has 0 atom stereocenters. The van der Waals surface area contributed by atoms with Crippen molar-refractivity contribution in [2.24, 2.45) is 0 Å². The van der Waals surface area contributed by atoms with Crippen molar-refractivity contribution in [3.63, 3.8) is 0 Å². The molecule has 0 fully saturated rings. The maximum absolute atomic E-state index is 2.44. The summed E-state index contributed by atoms with van der Waals surface area (Å²) in [6.45, 7) is 8.00. The Labute approximate surface area is 388 Å². The fraction of sp³-hybridized carbons (Fsp3) is 0.0625. The molecule has 66 heavy (non-hydrogen) atoms. The number of rotatable bonds is 7. The number of para-hydroxylation sites is 4. The predicted octanol–water partition coefficient (Wildman–Crippen LogP) is 18.3. The van der Waals surface area contributed by atoms with Gasteiger partial charge < -0.3 is 9.13 Å². The first-order valence-electron chi connectivity index (χ1n) is 23.3. The quantitative estimate of drug-likeness (QED) is 0.151. The van der Waals surface area contributed by atoms with Gasteiger partial charge in [-0.15, -0.1) is 0 Å². The molecule has 0 bridgehead atoms. The zero-order valence-corrected chi connectivity index (χ0v) is 38.0. The van der Waals surface area contributed by atoms with Gasteiger partial charge in [-0.05, 0) is 93.0 Å². The molecule has 10 aromatic carbocycles. The van der Waals surface area contributed by atoms with Crippen LogP contribution in [0.2, 0.25) is 0 Å². The Morgan fingerprint density at radius 2 is 0.500 bits per heavy atom. The third-order valence-corrected chi connectivity index (χ3v) is 12.6. The molecule has 0 aliphatic rings. The number of fused-ring (bicyclic) bond motifs is 6. The summed E-state index contributed by atoms with van der Waals surface area (Å²) in [5.41, 5.74) is 19.2. The summed E-state index contributed by atoms with van der Waals surface area (Å²) < 4.78 is 4.89. The highest BCUT2D eigenvalue weighted by Crippen LogP contribution is 2.41. The summed E-state index contributed by atoms with van der Waals surface area (Å²) in [7, 11) is 0. The van der Waals surface area contributed by atoms with Gasteiger partial charge in [0.2, 0.25) is 0 Å². The van der Waals surface area contributed by atoms with Crippen LogP contribution in [-0.4, -0.2) is 9.13 Å². The van der Waals surface area contributed by atoms with Crippen molar-refractivity contribution in [2.45, 2.75) is 27.7 Å². The first kappa shape index (κ1) is 41.8. The van der Waals surface area contributed by atoms with Gasteiger partial charge in [0, 0.05) is 32.7 Å². The lowest BCUT2D eigenvalue weighted by atomic mass is 9.99. The number of benzene rings is 10. The molecule has 0 aliphatic carbocycles. The van der Waals surface area contributed by atoms with Crippen molar-refractivity contribution in [2.75, 3.05) is 0 Å². The van der Waals surface area contributed by atoms with E-state index in [1.54, 1.807) is 0 Å². The Kier molecular flexibility index (Phi) is 11.7. The zero-order chi connectivity index (χ0) is 45.0. The molecule has 0 saturated heterocycles. The maximum Gasteiger partial charge on any atom is 0.0541 e. The molecule has 2 heterocycles. The summed E-state index contributed by atoms with van der Waals surface area (Å²) in [6, 6.07) is 88.3. The van der Waals surface area contributed by atoms with Gasteiger partial charge >= 0.3 is 0 Å². The first-order chi connectivity index (χ1) is 32.8. The highest BCUT2D eigenvalue weighted by atomic mass is 15.0. The van der Waals surface area contributed by atoms with Crippen molar-refractivity contribution in [3.05, 3.63) is 243 Å². The van der Waals surface area contributed by atoms with Crippen LogP contribution in [0.15, 0.2) is 243 Å². The maximum atomic E-state index is 2.44. The van der Waals surface area contributed by atoms with Crippen molar-refractivity contribution in [1.29, 1.82) is 0 Å². The van der Waals surface area contributed by atoms with Crippen LogP contribution in [0.3, 0.4) is 0 Å². The highest BCUT2D eigenvalue weighted by Gasteiger charge is 2.19. The summed E-state index contributed by atoms with van der Waals surface area (Å²) in [5.74, 6) is 0. The lowest BCUT2D eigenvalue weighted by molar-refractivity contribution is 1.18. The molecule has 0 radical (unpaired) electrons. The topological polar surface area (TPSA) is 9.86 Å². The minimum atomic E-state index is 1.17. The van der Waals surface area contributed by atoms with Gasteiger partial charge in [-0.3, -0.25) is 0 Å². The molecule has 318 valence electrons. The van der Waals surface area contributed by atoms with Crippen LogP contribution in [0.1, 0.15) is 27.7 Å². The summed E-state index contributed by atoms with van der Waals surface area (Å²) >= 11 is 0. The molecule has 0 amide bonds. The Balaban J connectivity index is 0.00000125. The predicted molar refractivity (Wildman–Crippen MR) is 285 cm³/mol. The van der Waals surface area contributed by atoms with Gasteiger partial charge in [0.05, 0.1) is 33.4 Å². The Morgan fingerprint density at radius 3 is 0.909 bits per heavy atom. The van der Waals surface area contributed by atoms with E-state index in [9.17, 15) is 0 Å². The summed E-state index contributed by atoms with van der Waals surface area (Å²) in [4.78, 5) is 0. The molecule has 0 N–H and O–H groups in total. The van der Waals surface area contributed by atoms with Crippen molar-refractivity contribution >= 4 is 43.6 Å². The SMILES string of the molecule is CC.CC.c1ccc(-c2ccc(-c3ccccc3-n3c4ccccc4c4cc(-c5ccc6c(c5)c5ccccc5n6-c5ccccc5-c5ccc(-c6ccccc6)cc5)ccc43)cc2)cc1. The van der Waals surface area contributed by atoms with Gasteiger partial charge in [0.15, 0.2) is 0 Å². The van der Waals surface area contributed by atoms with E-state index in [4.69, 9.17) is 0 Å². The Bertz CT molecular complexity index is 3350. The summed E-state index contributed by atoms with van der Waals surface area (Å²) in [6.07, 6.45) is 0. The molecule has 2 nitrogen and oxygen atoms in total. The molecular weight excluding hydrogens is 797 g/mol. The van der Waals surface area contributed by atoms with Crippen molar-refractivity contribution < 1.29 is 0 Å². The largest absolute Gasteiger partial charge is 0.309 e. The fourth-order valence-corrected chi connectivity index (χ4v) is 9.60. The van der Waals surface area contributed by atoms with Gasteiger partial charge in [0.1, 0.15) is 0 Å². The molecule has 0 spiro atoms. The second-order valence-electron chi connectivity index (χ2n) is 16.1. The third-order valence-electron chi connectivity index (χ3n) is 12.6. The molecule has 12 rings (SSSR count). The lowest BCUT2D eigenvalue weighted by Crippen LogP contribution is -1.97. The minimum absolute atomic E-state index is 1.17. The van der Waals surface area contributed by atoms with E-state index < -0.39 is 0 Å². The van der Waals surface area contributed by atoms with Crippen LogP contribution in [0.25, 0.3) is 111 Å². The molecule has 2 aromatic heterocycles. The van der Waals surface area contributed by atoms with Crippen molar-refractivity contribution in [3.8, 4) is 67.0 Å². The summed E-state index contributed by atoms with van der Waals surface area (Å²) in [5, 5.41) is 4.96. The van der Waals surface area contributed by atoms with Gasteiger partial charge in [-0.1, -0.05) is 222 Å². The fourth-order valence-electron chi connectivity index (χ4n) is 9.60. The second-order valence-corrected chi connectivity index (χ2v) is 16.1. The smallest absolute Gasteiger partial charge is 0.0541 e. The van der Waals surface area contributed by atoms with Gasteiger partial charge in [-0.25, -0.2) is 0 Å². The normalized spacial score (nSPS) is 11.0. The monoisotopic (exact) mass is 848 g/mol. The zero-order valence-electron chi connectivity index (χ0n) is 38.0. The highest BCUT2D eigenvalue weighted by molar-refractivity contribution is 6.13. The van der Waals surface area contributed by atoms with Crippen LogP contribution in [-0.2, 0) is 0 Å². The van der Waals surface area contributed by atoms with E-state index in [-0.39, 0.29) is 0 Å². The average molecular weight is 849 g/mol. The van der Waals surface area contributed by atoms with Gasteiger partial charge in [0.25, 0.3) is 0 Å². The van der Waals surface area contributed by atoms with E-state index in [2.05, 4.69) is 252 Å². The molecule has 2 heteroatoms. The van der Waals surface area contributed by atoms with Crippen LogP contribution in [0.4, 0.5) is 0 Å². The molecule has 0 aliphatic heterocycles. The second kappa shape index (κ2) is 18.5. The van der Waals surface area contributed by atoms with Crippen LogP contribution < -0.4 is 0 Å². The van der Waals surface area contributed by atoms with Crippen molar-refractivity contribution in [1.82, 2.24) is 9.13 Å². The van der Waals surface area contributed by atoms with Gasteiger partial charge in [-0.2, -0.15) is 0 Å². The molecule has 0 saturated carbocycles. The van der Waals surface area contributed by atoms with E-state index >= 15 is 0 Å². The lowest BCUT2D eigenvalue weighted by Gasteiger charge is -2.15. The Hall–Kier alpha value is -8.20. The average Bonchev–Trinajstić information content (AvgIpc) is 3.92. The number of hydrogen-bond donors (Lipinski definition) is 0. The van der Waals surface area contributed by atoms with E-state index in [1.165, 1.54) is 111 Å². The molecule has 12 aromatic rings. The first-order valence-corrected chi connectivity index (χ1v) is 23.3. The number of aromatic nitrogens is 2. The van der Waals surface area contributed by atoms with E-state index in [1.807, 2.05) is 27.7 Å². The standard InChI is InChI=1S/C60H40N2.2C2H6/c1-3-15-41(16-4-1)43-27-31-45(32-28-43)49-19-7-11-23-55(49)61-57-25-13-9-21-51(57)53-39-47(35-37-59(53)61)48-36-38-60-54(40-48)52-22-10-14-26-58(52)62(60)56-24-12-8-20-50(56)46-33-29-44(30-34-46)42-17-5-2-6-18-42;2*1-2/h1-40H;2*1-2H3. The minimum Gasteiger partial charge on any atom is -0.309 e. The van der Waals surface area contributed by atoms with Crippen LogP contribution >= 0.6 is 0 Å². The van der Waals surface area contributed by atoms with E-state index in [0.717, 1.165) is 0 Å². The van der Waals surface area contributed by atoms with E-state index in [0.29, 0.717) is 0 Å². The number of nitrogens with zero attached hydrogens (tertiary/aromatic N) is 2. The Morgan fingerprint density at radius 1 is 0.212 bits per heavy atom.